The summed E-state index contributed by atoms with van der Waals surface area (Å²) in [4.78, 5) is 0. The Morgan fingerprint density at radius 1 is 1.45 bits per heavy atom. The zero-order valence-electron chi connectivity index (χ0n) is 11.4. The molecule has 20 heavy (non-hydrogen) atoms. The molecule has 1 aromatic heterocycles. The number of aryl methyl sites for hydroxylation is 1. The first kappa shape index (κ1) is 13.0. The van der Waals surface area contributed by atoms with Gasteiger partial charge in [-0.1, -0.05) is 0 Å². The van der Waals surface area contributed by atoms with Crippen LogP contribution in [0.25, 0.3) is 11.4 Å². The Bertz CT molecular complexity index is 642. The van der Waals surface area contributed by atoms with Crippen LogP contribution in [0, 0.1) is 12.7 Å². The number of halogens is 1. The molecule has 1 aliphatic rings. The van der Waals surface area contributed by atoms with Crippen molar-refractivity contribution in [1.29, 1.82) is 0 Å². The fraction of sp³-hybridized carbons (Fsp3) is 0.462. The van der Waals surface area contributed by atoms with Crippen molar-refractivity contribution >= 4 is 5.69 Å². The van der Waals surface area contributed by atoms with Gasteiger partial charge in [0.15, 0.2) is 5.82 Å². The summed E-state index contributed by atoms with van der Waals surface area (Å²) in [7, 11) is 0. The van der Waals surface area contributed by atoms with E-state index in [1.165, 1.54) is 0 Å². The van der Waals surface area contributed by atoms with E-state index < -0.39 is 0 Å². The number of ether oxygens (including phenoxy) is 1. The van der Waals surface area contributed by atoms with Crippen molar-refractivity contribution < 1.29 is 9.13 Å². The highest BCUT2D eigenvalue weighted by Gasteiger charge is 2.30. The molecular formula is C13H16FN5O. The highest BCUT2D eigenvalue weighted by molar-refractivity contribution is 5.63. The van der Waals surface area contributed by atoms with Gasteiger partial charge in [-0.3, -0.25) is 0 Å². The van der Waals surface area contributed by atoms with E-state index in [4.69, 9.17) is 10.5 Å². The van der Waals surface area contributed by atoms with Crippen molar-refractivity contribution in [3.8, 4) is 11.4 Å². The maximum absolute atomic E-state index is 14.3. The molecule has 0 radical (unpaired) electrons. The molecule has 0 amide bonds. The number of nitrogen functional groups attached to an aromatic ring is 1. The summed E-state index contributed by atoms with van der Waals surface area (Å²) in [5, 5.41) is 11.6. The number of hydrogen-bond acceptors (Lipinski definition) is 5. The second-order valence-electron chi connectivity index (χ2n) is 5.08. The Morgan fingerprint density at radius 2 is 2.25 bits per heavy atom. The van der Waals surface area contributed by atoms with Crippen LogP contribution in [0.5, 0.6) is 0 Å². The van der Waals surface area contributed by atoms with Crippen LogP contribution in [0.1, 0.15) is 24.9 Å². The second-order valence-corrected chi connectivity index (χ2v) is 5.08. The molecule has 1 saturated heterocycles. The van der Waals surface area contributed by atoms with Gasteiger partial charge in [0.1, 0.15) is 5.82 Å². The molecule has 7 heteroatoms. The summed E-state index contributed by atoms with van der Waals surface area (Å²) in [6.07, 6.45) is 0.810. The van der Waals surface area contributed by atoms with Crippen LogP contribution >= 0.6 is 0 Å². The van der Waals surface area contributed by atoms with Gasteiger partial charge in [0, 0.05) is 12.3 Å². The lowest BCUT2D eigenvalue weighted by molar-refractivity contribution is 0.105. The van der Waals surface area contributed by atoms with E-state index >= 15 is 0 Å². The summed E-state index contributed by atoms with van der Waals surface area (Å²) in [6, 6.07) is 3.17. The van der Waals surface area contributed by atoms with Crippen molar-refractivity contribution in [3.05, 3.63) is 23.5 Å². The van der Waals surface area contributed by atoms with Crippen LogP contribution in [0.2, 0.25) is 0 Å². The Hall–Kier alpha value is -2.02. The number of rotatable bonds is 2. The van der Waals surface area contributed by atoms with Gasteiger partial charge in [-0.15, -0.1) is 5.10 Å². The molecule has 3 rings (SSSR count). The standard InChI is InChI=1S/C13H16FN5O/c1-7-5-9(15)6-10(12(7)14)13-16-17-18-19(13)11-3-4-20-8(11)2/h5-6,8,11H,3-4,15H2,1-2H3. The van der Waals surface area contributed by atoms with Crippen molar-refractivity contribution in [3.63, 3.8) is 0 Å². The summed E-state index contributed by atoms with van der Waals surface area (Å²) >= 11 is 0. The summed E-state index contributed by atoms with van der Waals surface area (Å²) < 4.78 is 21.5. The van der Waals surface area contributed by atoms with Crippen LogP contribution in [-0.4, -0.2) is 32.9 Å². The van der Waals surface area contributed by atoms with Gasteiger partial charge >= 0.3 is 0 Å². The number of hydrogen-bond donors (Lipinski definition) is 1. The first-order valence-electron chi connectivity index (χ1n) is 6.53. The predicted molar refractivity (Wildman–Crippen MR) is 71.4 cm³/mol. The van der Waals surface area contributed by atoms with Crippen molar-refractivity contribution in [1.82, 2.24) is 20.2 Å². The summed E-state index contributed by atoms with van der Waals surface area (Å²) in [6.45, 7) is 4.29. The molecule has 2 N–H and O–H groups in total. The van der Waals surface area contributed by atoms with Crippen molar-refractivity contribution in [2.75, 3.05) is 12.3 Å². The van der Waals surface area contributed by atoms with E-state index in [9.17, 15) is 4.39 Å². The minimum atomic E-state index is -0.346. The lowest BCUT2D eigenvalue weighted by atomic mass is 10.1. The largest absolute Gasteiger partial charge is 0.399 e. The number of benzene rings is 1. The smallest absolute Gasteiger partial charge is 0.185 e. The predicted octanol–water partition coefficient (Wildman–Crippen LogP) is 1.72. The van der Waals surface area contributed by atoms with Crippen LogP contribution in [0.4, 0.5) is 10.1 Å². The Morgan fingerprint density at radius 3 is 2.95 bits per heavy atom. The Labute approximate surface area is 115 Å². The first-order valence-corrected chi connectivity index (χ1v) is 6.53. The SMILES string of the molecule is Cc1cc(N)cc(-c2nnnn2C2CCOC2C)c1F. The quantitative estimate of drug-likeness (QED) is 0.845. The van der Waals surface area contributed by atoms with Crippen LogP contribution < -0.4 is 5.73 Å². The number of aromatic nitrogens is 4. The third-order valence-electron chi connectivity index (χ3n) is 3.66. The molecule has 2 aromatic rings. The van der Waals surface area contributed by atoms with Gasteiger partial charge in [-0.05, 0) is 48.4 Å². The van der Waals surface area contributed by atoms with E-state index in [1.807, 2.05) is 6.92 Å². The average molecular weight is 277 g/mol. The van der Waals surface area contributed by atoms with E-state index in [0.29, 0.717) is 29.2 Å². The minimum absolute atomic E-state index is 0.00228. The number of anilines is 1. The fourth-order valence-corrected chi connectivity index (χ4v) is 2.60. The molecule has 1 aliphatic heterocycles. The van der Waals surface area contributed by atoms with Crippen LogP contribution in [0.15, 0.2) is 12.1 Å². The van der Waals surface area contributed by atoms with Crippen LogP contribution in [-0.2, 0) is 4.74 Å². The summed E-state index contributed by atoms with van der Waals surface area (Å²) in [5.41, 5.74) is 7.09. The molecule has 6 nitrogen and oxygen atoms in total. The molecule has 0 spiro atoms. The monoisotopic (exact) mass is 277 g/mol. The molecule has 2 atom stereocenters. The molecule has 0 bridgehead atoms. The van der Waals surface area contributed by atoms with Gasteiger partial charge in [0.25, 0.3) is 0 Å². The Balaban J connectivity index is 2.10. The lowest BCUT2D eigenvalue weighted by Crippen LogP contribution is -2.19. The fourth-order valence-electron chi connectivity index (χ4n) is 2.60. The number of nitrogens with zero attached hydrogens (tertiary/aromatic N) is 4. The Kier molecular flexibility index (Phi) is 3.13. The summed E-state index contributed by atoms with van der Waals surface area (Å²) in [5.74, 6) is 0.0436. The normalized spacial score (nSPS) is 22.4. The molecule has 0 aliphatic carbocycles. The molecule has 106 valence electrons. The van der Waals surface area contributed by atoms with Gasteiger partial charge in [-0.2, -0.15) is 0 Å². The third kappa shape index (κ3) is 2.03. The van der Waals surface area contributed by atoms with Crippen LogP contribution in [0.3, 0.4) is 0 Å². The van der Waals surface area contributed by atoms with E-state index in [1.54, 1.807) is 23.7 Å². The molecule has 2 heterocycles. The van der Waals surface area contributed by atoms with E-state index in [0.717, 1.165) is 6.42 Å². The van der Waals surface area contributed by atoms with Gasteiger partial charge in [0.2, 0.25) is 0 Å². The molecule has 1 fully saturated rings. The zero-order valence-corrected chi connectivity index (χ0v) is 11.4. The maximum atomic E-state index is 14.3. The number of nitrogens with two attached hydrogens (primary N) is 1. The van der Waals surface area contributed by atoms with Gasteiger partial charge in [-0.25, -0.2) is 9.07 Å². The minimum Gasteiger partial charge on any atom is -0.399 e. The van der Waals surface area contributed by atoms with Gasteiger partial charge < -0.3 is 10.5 Å². The maximum Gasteiger partial charge on any atom is 0.185 e. The first-order chi connectivity index (χ1) is 9.58. The second kappa shape index (κ2) is 4.82. The third-order valence-corrected chi connectivity index (χ3v) is 3.66. The zero-order chi connectivity index (χ0) is 14.3. The van der Waals surface area contributed by atoms with Crippen molar-refractivity contribution in [2.24, 2.45) is 0 Å². The van der Waals surface area contributed by atoms with Crippen molar-refractivity contribution in [2.45, 2.75) is 32.4 Å². The molecule has 0 saturated carbocycles. The topological polar surface area (TPSA) is 78.9 Å². The van der Waals surface area contributed by atoms with Gasteiger partial charge in [0.05, 0.1) is 17.7 Å². The number of tetrazole rings is 1. The molecular weight excluding hydrogens is 261 g/mol. The highest BCUT2D eigenvalue weighted by Crippen LogP contribution is 2.31. The lowest BCUT2D eigenvalue weighted by Gasteiger charge is -2.16. The average Bonchev–Trinajstić information content (AvgIpc) is 3.01. The molecule has 1 aromatic carbocycles. The molecule has 2 unspecified atom stereocenters. The van der Waals surface area contributed by atoms with E-state index in [2.05, 4.69) is 15.5 Å². The van der Waals surface area contributed by atoms with E-state index in [-0.39, 0.29) is 18.0 Å². The highest BCUT2D eigenvalue weighted by atomic mass is 19.1.